The van der Waals surface area contributed by atoms with Crippen LogP contribution < -0.4 is 9.46 Å². The Balaban J connectivity index is 1.63. The molecule has 1 aliphatic heterocycles. The normalized spacial score (nSPS) is 21.5. The number of sulfonamides is 1. The molecule has 37 heavy (non-hydrogen) atoms. The Hall–Kier alpha value is -2.62. The summed E-state index contributed by atoms with van der Waals surface area (Å²) in [5.74, 6) is 1.25. The van der Waals surface area contributed by atoms with Gasteiger partial charge >= 0.3 is 0 Å². The summed E-state index contributed by atoms with van der Waals surface area (Å²) >= 11 is 0. The van der Waals surface area contributed by atoms with Crippen molar-refractivity contribution >= 4 is 21.6 Å². The number of rotatable bonds is 9. The van der Waals surface area contributed by atoms with E-state index in [9.17, 15) is 18.3 Å². The zero-order valence-corrected chi connectivity index (χ0v) is 23.0. The molecule has 0 aromatic heterocycles. The number of aryl methyl sites for hydroxylation is 1. The molecule has 2 aliphatic rings. The predicted octanol–water partition coefficient (Wildman–Crippen LogP) is 3.29. The first-order chi connectivity index (χ1) is 17.6. The van der Waals surface area contributed by atoms with Gasteiger partial charge in [-0.15, -0.1) is 0 Å². The van der Waals surface area contributed by atoms with Crippen LogP contribution in [0.2, 0.25) is 0 Å². The van der Waals surface area contributed by atoms with E-state index in [0.717, 1.165) is 18.0 Å². The third-order valence-electron chi connectivity index (χ3n) is 7.26. The van der Waals surface area contributed by atoms with Crippen molar-refractivity contribution in [3.8, 4) is 5.75 Å². The molecule has 0 spiro atoms. The lowest BCUT2D eigenvalue weighted by Gasteiger charge is -2.34. The van der Waals surface area contributed by atoms with E-state index >= 15 is 0 Å². The maximum absolute atomic E-state index is 13.4. The minimum Gasteiger partial charge on any atom is -0.488 e. The Kier molecular flexibility index (Phi) is 8.46. The number of aliphatic hydroxyl groups is 1. The molecular weight excluding hydrogens is 490 g/mol. The molecule has 3 atom stereocenters. The largest absolute Gasteiger partial charge is 0.488 e. The molecule has 0 saturated heterocycles. The zero-order valence-electron chi connectivity index (χ0n) is 22.2. The van der Waals surface area contributed by atoms with Gasteiger partial charge in [0.05, 0.1) is 24.0 Å². The van der Waals surface area contributed by atoms with Crippen LogP contribution in [0.15, 0.2) is 47.4 Å². The highest BCUT2D eigenvalue weighted by atomic mass is 32.2. The molecular formula is C28H39N3O5S. The topological polar surface area (TPSA) is 99.2 Å². The first kappa shape index (κ1) is 27.4. The molecule has 8 nitrogen and oxygen atoms in total. The van der Waals surface area contributed by atoms with Crippen LogP contribution in [0.4, 0.5) is 5.69 Å². The van der Waals surface area contributed by atoms with Gasteiger partial charge in [-0.2, -0.15) is 0 Å². The van der Waals surface area contributed by atoms with Gasteiger partial charge in [0, 0.05) is 36.8 Å². The van der Waals surface area contributed by atoms with Crippen LogP contribution in [0.5, 0.6) is 5.75 Å². The van der Waals surface area contributed by atoms with E-state index in [0.29, 0.717) is 30.1 Å². The molecule has 2 aromatic carbocycles. The van der Waals surface area contributed by atoms with Gasteiger partial charge in [0.15, 0.2) is 0 Å². The summed E-state index contributed by atoms with van der Waals surface area (Å²) in [6.07, 6.45) is 2.42. The minimum atomic E-state index is -3.79. The smallest absolute Gasteiger partial charge is 0.261 e. The van der Waals surface area contributed by atoms with Gasteiger partial charge in [-0.1, -0.05) is 24.6 Å². The molecule has 0 bridgehead atoms. The van der Waals surface area contributed by atoms with E-state index in [4.69, 9.17) is 4.74 Å². The van der Waals surface area contributed by atoms with Crippen LogP contribution in [-0.4, -0.2) is 74.7 Å². The summed E-state index contributed by atoms with van der Waals surface area (Å²) in [5.41, 5.74) is 1.96. The number of likely N-dealkylation sites (N-methyl/N-ethyl adjacent to an activating group) is 1. The second-order valence-corrected chi connectivity index (χ2v) is 12.5. The van der Waals surface area contributed by atoms with Gasteiger partial charge in [0.2, 0.25) is 5.91 Å². The molecule has 1 heterocycles. The number of hydrogen-bond acceptors (Lipinski definition) is 6. The average Bonchev–Trinajstić information content (AvgIpc) is 3.65. The van der Waals surface area contributed by atoms with E-state index in [1.165, 1.54) is 12.8 Å². The second-order valence-electron chi connectivity index (χ2n) is 10.8. The van der Waals surface area contributed by atoms with Crippen molar-refractivity contribution in [1.29, 1.82) is 0 Å². The maximum Gasteiger partial charge on any atom is 0.261 e. The molecule has 1 saturated carbocycles. The fraction of sp³-hybridized carbons (Fsp3) is 0.536. The minimum absolute atomic E-state index is 0.0327. The highest BCUT2D eigenvalue weighted by Gasteiger charge is 2.32. The highest BCUT2D eigenvalue weighted by molar-refractivity contribution is 7.92. The summed E-state index contributed by atoms with van der Waals surface area (Å²) in [7, 11) is -1.69. The van der Waals surface area contributed by atoms with Gasteiger partial charge in [-0.3, -0.25) is 9.52 Å². The van der Waals surface area contributed by atoms with Crippen molar-refractivity contribution in [3.63, 3.8) is 0 Å². The molecule has 202 valence electrons. The van der Waals surface area contributed by atoms with Gasteiger partial charge in [-0.05, 0) is 70.0 Å². The van der Waals surface area contributed by atoms with E-state index in [1.807, 2.05) is 13.8 Å². The number of hydrogen-bond donors (Lipinski definition) is 2. The van der Waals surface area contributed by atoms with Gasteiger partial charge in [0.25, 0.3) is 10.0 Å². The number of fused-ring (bicyclic) bond motifs is 1. The van der Waals surface area contributed by atoms with Crippen LogP contribution >= 0.6 is 0 Å². The predicted molar refractivity (Wildman–Crippen MR) is 144 cm³/mol. The number of nitrogens with one attached hydrogen (secondary N) is 1. The number of nitrogens with zero attached hydrogens (tertiary/aromatic N) is 2. The van der Waals surface area contributed by atoms with Gasteiger partial charge < -0.3 is 19.6 Å². The molecule has 9 heteroatoms. The lowest BCUT2D eigenvalue weighted by atomic mass is 10.0. The third kappa shape index (κ3) is 7.03. The van der Waals surface area contributed by atoms with Crippen molar-refractivity contribution in [2.75, 3.05) is 38.0 Å². The molecule has 4 rings (SSSR count). The average molecular weight is 530 g/mol. The maximum atomic E-state index is 13.4. The molecule has 2 aromatic rings. The molecule has 0 unspecified atom stereocenters. The van der Waals surface area contributed by atoms with Gasteiger partial charge in [-0.25, -0.2) is 8.42 Å². The lowest BCUT2D eigenvalue weighted by molar-refractivity contribution is -0.134. The fourth-order valence-corrected chi connectivity index (χ4v) is 5.81. The zero-order chi connectivity index (χ0) is 26.7. The number of ether oxygens (including phenoxy) is 1. The Morgan fingerprint density at radius 1 is 1.16 bits per heavy atom. The first-order valence-corrected chi connectivity index (χ1v) is 14.5. The van der Waals surface area contributed by atoms with E-state index in [-0.39, 0.29) is 41.9 Å². The van der Waals surface area contributed by atoms with Crippen LogP contribution in [0.25, 0.3) is 0 Å². The molecule has 1 aliphatic carbocycles. The lowest BCUT2D eigenvalue weighted by Crippen LogP contribution is -2.47. The summed E-state index contributed by atoms with van der Waals surface area (Å²) in [6.45, 7) is 7.90. The summed E-state index contributed by atoms with van der Waals surface area (Å²) < 4.78 is 35.1. The van der Waals surface area contributed by atoms with E-state index < -0.39 is 10.0 Å². The number of carbonyl (C=O) groups is 1. The third-order valence-corrected chi connectivity index (χ3v) is 8.66. The quantitative estimate of drug-likeness (QED) is 0.517. The molecule has 0 radical (unpaired) electrons. The number of amides is 1. The number of aliphatic hydroxyl groups excluding tert-OH is 1. The monoisotopic (exact) mass is 529 g/mol. The summed E-state index contributed by atoms with van der Waals surface area (Å²) in [5, 5.41) is 9.82. The van der Waals surface area contributed by atoms with E-state index in [1.54, 1.807) is 47.4 Å². The van der Waals surface area contributed by atoms with Crippen molar-refractivity contribution in [3.05, 3.63) is 53.6 Å². The van der Waals surface area contributed by atoms with Crippen LogP contribution in [0.3, 0.4) is 0 Å². The Morgan fingerprint density at radius 3 is 2.51 bits per heavy atom. The summed E-state index contributed by atoms with van der Waals surface area (Å²) in [4.78, 5) is 17.6. The van der Waals surface area contributed by atoms with Crippen molar-refractivity contribution < 1.29 is 23.1 Å². The highest BCUT2D eigenvalue weighted by Crippen LogP contribution is 2.32. The Bertz CT molecular complexity index is 1200. The van der Waals surface area contributed by atoms with E-state index in [2.05, 4.69) is 23.6 Å². The fourth-order valence-electron chi connectivity index (χ4n) is 4.77. The van der Waals surface area contributed by atoms with Crippen molar-refractivity contribution in [2.45, 2.75) is 57.1 Å². The second kappa shape index (κ2) is 11.4. The number of carbonyl (C=O) groups excluding carboxylic acids is 1. The molecule has 2 N–H and O–H groups in total. The Morgan fingerprint density at radius 2 is 1.86 bits per heavy atom. The number of anilines is 1. The first-order valence-electron chi connectivity index (χ1n) is 13.0. The van der Waals surface area contributed by atoms with Crippen LogP contribution in [0.1, 0.15) is 37.8 Å². The molecule has 1 fully saturated rings. The molecule has 1 amide bonds. The SMILES string of the molecule is Cc1ccc(S(=O)(=O)Nc2ccc3c(c2)CC(=O)N([C@@H](C)CO)C[C@H](C)[C@H](CN(C)CC2CC2)O3)cc1. The van der Waals surface area contributed by atoms with Crippen LogP contribution in [0, 0.1) is 18.8 Å². The Labute approximate surface area is 220 Å². The van der Waals surface area contributed by atoms with Crippen LogP contribution in [-0.2, 0) is 21.2 Å². The van der Waals surface area contributed by atoms with Gasteiger partial charge in [0.1, 0.15) is 11.9 Å². The standard InChI is InChI=1S/C28H39N3O5S/c1-19-5-10-25(11-6-19)37(34,35)29-24-9-12-26-23(13-24)14-28(33)31(21(3)18-32)15-20(2)27(36-26)17-30(4)16-22-7-8-22/h5-6,9-13,20-22,27,29,32H,7-8,14-18H2,1-4H3/t20-,21-,27-/m0/s1. The van der Waals surface area contributed by atoms with Crippen molar-refractivity contribution in [2.24, 2.45) is 11.8 Å². The number of benzene rings is 2. The summed E-state index contributed by atoms with van der Waals surface area (Å²) in [6, 6.07) is 11.4. The van der Waals surface area contributed by atoms with Crippen molar-refractivity contribution in [1.82, 2.24) is 9.80 Å².